The Bertz CT molecular complexity index is 1010. The molecule has 0 aliphatic carbocycles. The summed E-state index contributed by atoms with van der Waals surface area (Å²) in [5, 5.41) is -1.45. The number of nitrogens with zero attached hydrogens (tertiary/aromatic N) is 1. The summed E-state index contributed by atoms with van der Waals surface area (Å²) in [6, 6.07) is 7.05. The largest absolute Gasteiger partial charge is 0.464 e. The van der Waals surface area contributed by atoms with E-state index in [1.807, 2.05) is 0 Å². The van der Waals surface area contributed by atoms with Crippen LogP contribution in [0, 0.1) is 0 Å². The van der Waals surface area contributed by atoms with E-state index in [2.05, 4.69) is 4.74 Å². The van der Waals surface area contributed by atoms with Crippen LogP contribution in [0.25, 0.3) is 0 Å². The average Bonchev–Trinajstić information content (AvgIpc) is 2.61. The first kappa shape index (κ1) is 18.5. The summed E-state index contributed by atoms with van der Waals surface area (Å²) in [6.07, 6.45) is -1.29. The van der Waals surface area contributed by atoms with E-state index in [4.69, 9.17) is 4.74 Å². The number of carbonyl (C=O) groups excluding carboxylic acids is 2. The SMILES string of the molecule is COC(=O)C1=C(S(=O)(=O)c2ccccc2)CS(=O)(=O)C2[C@@H](OC)C(=O)N12. The number of hydrogen-bond donors (Lipinski definition) is 0. The molecule has 0 saturated carbocycles. The number of rotatable bonds is 4. The van der Waals surface area contributed by atoms with E-state index in [0.717, 1.165) is 14.2 Å². The van der Waals surface area contributed by atoms with Crippen molar-refractivity contribution in [2.24, 2.45) is 0 Å². The molecule has 0 bridgehead atoms. The standard InChI is InChI=1S/C15H15NO8S2/c1-23-12-13(17)16-11(15(18)24-2)10(8-25(19,20)14(12)16)26(21,22)9-6-4-3-5-7-9/h3-7,12,14H,8H2,1-2H3/t12-,14?/m0/s1. The lowest BCUT2D eigenvalue weighted by molar-refractivity contribution is -0.163. The van der Waals surface area contributed by atoms with Gasteiger partial charge in [-0.3, -0.25) is 9.69 Å². The van der Waals surface area contributed by atoms with Crippen molar-refractivity contribution in [3.8, 4) is 0 Å². The second-order valence-corrected chi connectivity index (χ2v) is 9.71. The zero-order valence-electron chi connectivity index (χ0n) is 13.8. The Morgan fingerprint density at radius 1 is 1.19 bits per heavy atom. The second-order valence-electron chi connectivity index (χ2n) is 5.64. The molecule has 2 heterocycles. The Hall–Kier alpha value is -2.24. The van der Waals surface area contributed by atoms with Gasteiger partial charge in [0.25, 0.3) is 5.91 Å². The van der Waals surface area contributed by atoms with Crippen molar-refractivity contribution in [3.63, 3.8) is 0 Å². The molecule has 0 radical (unpaired) electrons. The summed E-state index contributed by atoms with van der Waals surface area (Å²) >= 11 is 0. The minimum atomic E-state index is -4.34. The van der Waals surface area contributed by atoms with Crippen LogP contribution in [0.1, 0.15) is 0 Å². The molecular weight excluding hydrogens is 386 g/mol. The van der Waals surface area contributed by atoms with Crippen LogP contribution in [-0.4, -0.2) is 65.1 Å². The number of β-lactam (4-membered cyclic amide) rings is 1. The van der Waals surface area contributed by atoms with Gasteiger partial charge < -0.3 is 9.47 Å². The van der Waals surface area contributed by atoms with Crippen LogP contribution < -0.4 is 0 Å². The number of hydrogen-bond acceptors (Lipinski definition) is 8. The molecule has 1 aromatic carbocycles. The van der Waals surface area contributed by atoms with Crippen LogP contribution >= 0.6 is 0 Å². The maximum atomic E-state index is 12.9. The van der Waals surface area contributed by atoms with Gasteiger partial charge in [0.2, 0.25) is 9.84 Å². The summed E-state index contributed by atoms with van der Waals surface area (Å²) in [5.74, 6) is -2.85. The Morgan fingerprint density at radius 3 is 2.35 bits per heavy atom. The Balaban J connectivity index is 2.27. The fraction of sp³-hybridized carbons (Fsp3) is 0.333. The van der Waals surface area contributed by atoms with Gasteiger partial charge in [-0.15, -0.1) is 0 Å². The Labute approximate surface area is 150 Å². The van der Waals surface area contributed by atoms with E-state index in [9.17, 15) is 26.4 Å². The van der Waals surface area contributed by atoms with Gasteiger partial charge in [-0.2, -0.15) is 0 Å². The Morgan fingerprint density at radius 2 is 1.81 bits per heavy atom. The predicted molar refractivity (Wildman–Crippen MR) is 87.9 cm³/mol. The number of sulfone groups is 2. The highest BCUT2D eigenvalue weighted by molar-refractivity contribution is 7.98. The number of benzene rings is 1. The highest BCUT2D eigenvalue weighted by Crippen LogP contribution is 2.40. The van der Waals surface area contributed by atoms with Gasteiger partial charge in [0.15, 0.2) is 21.3 Å². The van der Waals surface area contributed by atoms with Crippen molar-refractivity contribution in [3.05, 3.63) is 40.9 Å². The number of methoxy groups -OCH3 is 2. The molecule has 11 heteroatoms. The summed E-state index contributed by atoms with van der Waals surface area (Å²) < 4.78 is 60.5. The summed E-state index contributed by atoms with van der Waals surface area (Å²) in [4.78, 5) is 24.2. The molecule has 2 aliphatic rings. The number of amides is 1. The van der Waals surface area contributed by atoms with Gasteiger partial charge in [0.1, 0.15) is 5.70 Å². The molecule has 1 amide bonds. The van der Waals surface area contributed by atoms with Gasteiger partial charge >= 0.3 is 5.97 Å². The zero-order chi connectivity index (χ0) is 19.3. The summed E-state index contributed by atoms with van der Waals surface area (Å²) in [7, 11) is -6.27. The fourth-order valence-corrected chi connectivity index (χ4v) is 7.12. The van der Waals surface area contributed by atoms with E-state index < -0.39 is 59.4 Å². The highest BCUT2D eigenvalue weighted by atomic mass is 32.2. The molecule has 1 fully saturated rings. The van der Waals surface area contributed by atoms with Crippen LogP contribution in [0.4, 0.5) is 0 Å². The van der Waals surface area contributed by atoms with Crippen LogP contribution in [0.2, 0.25) is 0 Å². The molecule has 2 aliphatic heterocycles. The number of ether oxygens (including phenoxy) is 2. The van der Waals surface area contributed by atoms with Crippen molar-refractivity contribution < 1.29 is 35.9 Å². The minimum Gasteiger partial charge on any atom is -0.464 e. The number of esters is 1. The van der Waals surface area contributed by atoms with Crippen molar-refractivity contribution in [2.75, 3.05) is 20.0 Å². The molecule has 9 nitrogen and oxygen atoms in total. The lowest BCUT2D eigenvalue weighted by atomic mass is 10.1. The minimum absolute atomic E-state index is 0.193. The quantitative estimate of drug-likeness (QED) is 0.487. The molecular formula is C15H15NO8S2. The van der Waals surface area contributed by atoms with E-state index in [1.165, 1.54) is 24.3 Å². The molecule has 1 saturated heterocycles. The normalized spacial score (nSPS) is 24.7. The van der Waals surface area contributed by atoms with E-state index >= 15 is 0 Å². The molecule has 1 aromatic rings. The van der Waals surface area contributed by atoms with Crippen LogP contribution in [0.5, 0.6) is 0 Å². The molecule has 3 rings (SSSR count). The third kappa shape index (κ3) is 2.54. The molecule has 0 spiro atoms. The predicted octanol–water partition coefficient (Wildman–Crippen LogP) is -0.543. The molecule has 0 aromatic heterocycles. The van der Waals surface area contributed by atoms with Gasteiger partial charge in [-0.25, -0.2) is 21.6 Å². The molecule has 2 atom stereocenters. The van der Waals surface area contributed by atoms with Gasteiger partial charge in [0, 0.05) is 7.11 Å². The third-order valence-electron chi connectivity index (χ3n) is 4.21. The molecule has 140 valence electrons. The van der Waals surface area contributed by atoms with Crippen molar-refractivity contribution in [1.82, 2.24) is 4.90 Å². The number of fused-ring (bicyclic) bond motifs is 1. The van der Waals surface area contributed by atoms with Crippen molar-refractivity contribution in [1.29, 1.82) is 0 Å². The van der Waals surface area contributed by atoms with Crippen molar-refractivity contribution >= 4 is 31.6 Å². The monoisotopic (exact) mass is 401 g/mol. The first-order valence-electron chi connectivity index (χ1n) is 7.36. The Kier molecular flexibility index (Phi) is 4.41. The lowest BCUT2D eigenvalue weighted by Gasteiger charge is -2.48. The molecule has 1 unspecified atom stereocenters. The average molecular weight is 401 g/mol. The second kappa shape index (κ2) is 6.18. The maximum Gasteiger partial charge on any atom is 0.355 e. The zero-order valence-corrected chi connectivity index (χ0v) is 15.4. The first-order chi connectivity index (χ1) is 12.2. The van der Waals surface area contributed by atoms with Crippen LogP contribution in [0.3, 0.4) is 0 Å². The smallest absolute Gasteiger partial charge is 0.355 e. The van der Waals surface area contributed by atoms with Gasteiger partial charge in [-0.1, -0.05) is 18.2 Å². The third-order valence-corrected chi connectivity index (χ3v) is 8.16. The van der Waals surface area contributed by atoms with Crippen LogP contribution in [0.15, 0.2) is 45.8 Å². The summed E-state index contributed by atoms with van der Waals surface area (Å²) in [6.45, 7) is 0. The van der Waals surface area contributed by atoms with E-state index in [-0.39, 0.29) is 4.90 Å². The van der Waals surface area contributed by atoms with E-state index in [1.54, 1.807) is 6.07 Å². The number of carbonyl (C=O) groups is 2. The topological polar surface area (TPSA) is 124 Å². The van der Waals surface area contributed by atoms with Crippen LogP contribution in [-0.2, 0) is 38.7 Å². The highest BCUT2D eigenvalue weighted by Gasteiger charge is 2.62. The lowest BCUT2D eigenvalue weighted by Crippen LogP contribution is -2.70. The fourth-order valence-electron chi connectivity index (χ4n) is 2.97. The van der Waals surface area contributed by atoms with Gasteiger partial charge in [-0.05, 0) is 12.1 Å². The summed E-state index contributed by atoms with van der Waals surface area (Å²) in [5.41, 5.74) is -0.588. The maximum absolute atomic E-state index is 12.9. The first-order valence-corrected chi connectivity index (χ1v) is 10.6. The van der Waals surface area contributed by atoms with Crippen molar-refractivity contribution in [2.45, 2.75) is 16.4 Å². The molecule has 0 N–H and O–H groups in total. The molecule has 26 heavy (non-hydrogen) atoms. The van der Waals surface area contributed by atoms with E-state index in [0.29, 0.717) is 4.90 Å². The van der Waals surface area contributed by atoms with Gasteiger partial charge in [0.05, 0.1) is 22.7 Å².